The zero-order valence-electron chi connectivity index (χ0n) is 11.9. The summed E-state index contributed by atoms with van der Waals surface area (Å²) in [6, 6.07) is 0. The smallest absolute Gasteiger partial charge is 0.0999 e. The Balaban J connectivity index is 3.74. The second kappa shape index (κ2) is 9.01. The first-order chi connectivity index (χ1) is 7.52. The van der Waals surface area contributed by atoms with Crippen LogP contribution < -0.4 is 0 Å². The molecule has 0 radical (unpaired) electrons. The average Bonchev–Trinajstić information content (AvgIpc) is 2.27. The molecule has 0 amide bonds. The molecule has 0 saturated carbocycles. The van der Waals surface area contributed by atoms with Gasteiger partial charge in [-0.2, -0.15) is 0 Å². The van der Waals surface area contributed by atoms with Gasteiger partial charge in [-0.3, -0.25) is 0 Å². The molecular formula is C15H31F. The summed E-state index contributed by atoms with van der Waals surface area (Å²) in [6.45, 7) is 11.2. The van der Waals surface area contributed by atoms with Crippen LogP contribution in [-0.4, -0.2) is 6.17 Å². The van der Waals surface area contributed by atoms with Gasteiger partial charge in [-0.15, -0.1) is 0 Å². The van der Waals surface area contributed by atoms with E-state index < -0.39 is 6.17 Å². The first-order valence-corrected chi connectivity index (χ1v) is 7.16. The molecule has 0 saturated heterocycles. The summed E-state index contributed by atoms with van der Waals surface area (Å²) in [5.74, 6) is 2.33. The lowest BCUT2D eigenvalue weighted by atomic mass is 9.80. The lowest BCUT2D eigenvalue weighted by molar-refractivity contribution is 0.234. The molecule has 0 rings (SSSR count). The highest BCUT2D eigenvalue weighted by atomic mass is 19.1. The van der Waals surface area contributed by atoms with Crippen LogP contribution in [0.15, 0.2) is 0 Å². The molecule has 0 aromatic heterocycles. The first kappa shape index (κ1) is 15.9. The number of alkyl halides is 1. The van der Waals surface area contributed by atoms with Gasteiger partial charge in [0.2, 0.25) is 0 Å². The lowest BCUT2D eigenvalue weighted by Crippen LogP contribution is -2.17. The highest BCUT2D eigenvalue weighted by Crippen LogP contribution is 2.28. The van der Waals surface area contributed by atoms with Gasteiger partial charge < -0.3 is 0 Å². The zero-order valence-corrected chi connectivity index (χ0v) is 11.9. The van der Waals surface area contributed by atoms with E-state index in [9.17, 15) is 4.39 Å². The molecule has 0 fully saturated rings. The van der Waals surface area contributed by atoms with Gasteiger partial charge in [0, 0.05) is 0 Å². The van der Waals surface area contributed by atoms with Crippen molar-refractivity contribution in [2.75, 3.05) is 0 Å². The Kier molecular flexibility index (Phi) is 8.97. The predicted molar refractivity (Wildman–Crippen MR) is 71.4 cm³/mol. The van der Waals surface area contributed by atoms with Crippen molar-refractivity contribution >= 4 is 0 Å². The Labute approximate surface area is 102 Å². The highest BCUT2D eigenvalue weighted by molar-refractivity contribution is 4.68. The fraction of sp³-hybridized carbons (Fsp3) is 1.00. The summed E-state index contributed by atoms with van der Waals surface area (Å²) >= 11 is 0. The topological polar surface area (TPSA) is 0 Å². The summed E-state index contributed by atoms with van der Waals surface area (Å²) in [5, 5.41) is 0. The lowest BCUT2D eigenvalue weighted by Gasteiger charge is -2.26. The zero-order chi connectivity index (χ0) is 12.6. The van der Waals surface area contributed by atoms with Crippen molar-refractivity contribution in [2.24, 2.45) is 17.8 Å². The van der Waals surface area contributed by atoms with Gasteiger partial charge in [0.1, 0.15) is 0 Å². The monoisotopic (exact) mass is 230 g/mol. The van der Waals surface area contributed by atoms with Gasteiger partial charge in [-0.1, -0.05) is 60.3 Å². The van der Waals surface area contributed by atoms with E-state index >= 15 is 0 Å². The van der Waals surface area contributed by atoms with Crippen LogP contribution in [0.2, 0.25) is 0 Å². The summed E-state index contributed by atoms with van der Waals surface area (Å²) in [6.07, 6.45) is 5.71. The van der Waals surface area contributed by atoms with Crippen LogP contribution in [0.5, 0.6) is 0 Å². The normalized spacial score (nSPS) is 19.1. The Morgan fingerprint density at radius 3 is 1.94 bits per heavy atom. The van der Waals surface area contributed by atoms with Gasteiger partial charge in [-0.25, -0.2) is 4.39 Å². The van der Waals surface area contributed by atoms with Crippen LogP contribution in [0.4, 0.5) is 4.39 Å². The SMILES string of the molecule is CCCC(C)C(C)C(C)CCCC(F)CC. The third-order valence-electron chi connectivity index (χ3n) is 4.16. The van der Waals surface area contributed by atoms with Crippen LogP contribution in [-0.2, 0) is 0 Å². The Bertz CT molecular complexity index is 156. The van der Waals surface area contributed by atoms with Crippen LogP contribution in [0, 0.1) is 17.8 Å². The third kappa shape index (κ3) is 6.50. The van der Waals surface area contributed by atoms with Crippen LogP contribution in [0.3, 0.4) is 0 Å². The molecule has 0 nitrogen and oxygen atoms in total. The maximum atomic E-state index is 13.1. The van der Waals surface area contributed by atoms with E-state index in [2.05, 4.69) is 27.7 Å². The second-order valence-corrected chi connectivity index (χ2v) is 5.54. The molecule has 0 aromatic carbocycles. The molecule has 0 aliphatic carbocycles. The molecule has 16 heavy (non-hydrogen) atoms. The second-order valence-electron chi connectivity index (χ2n) is 5.54. The maximum absolute atomic E-state index is 13.1. The standard InChI is InChI=1S/C15H31F/c1-6-9-12(3)14(5)13(4)10-8-11-15(16)7-2/h12-15H,6-11H2,1-5H3. The van der Waals surface area contributed by atoms with Crippen LogP contribution in [0.25, 0.3) is 0 Å². The van der Waals surface area contributed by atoms with Crippen LogP contribution >= 0.6 is 0 Å². The van der Waals surface area contributed by atoms with Gasteiger partial charge in [-0.05, 0) is 30.6 Å². The molecule has 0 aliphatic heterocycles. The predicted octanol–water partition coefficient (Wildman–Crippen LogP) is 5.61. The molecular weight excluding hydrogens is 199 g/mol. The minimum Gasteiger partial charge on any atom is -0.248 e. The molecule has 98 valence electrons. The Morgan fingerprint density at radius 2 is 1.44 bits per heavy atom. The van der Waals surface area contributed by atoms with Crippen molar-refractivity contribution in [1.29, 1.82) is 0 Å². The molecule has 1 heteroatoms. The quantitative estimate of drug-likeness (QED) is 0.482. The molecule has 0 aliphatic rings. The van der Waals surface area contributed by atoms with E-state index in [0.717, 1.165) is 30.6 Å². The van der Waals surface area contributed by atoms with E-state index in [1.165, 1.54) is 19.3 Å². The third-order valence-corrected chi connectivity index (χ3v) is 4.16. The van der Waals surface area contributed by atoms with Crippen molar-refractivity contribution < 1.29 is 4.39 Å². The van der Waals surface area contributed by atoms with Crippen molar-refractivity contribution in [3.8, 4) is 0 Å². The van der Waals surface area contributed by atoms with Crippen molar-refractivity contribution in [2.45, 2.75) is 79.3 Å². The maximum Gasteiger partial charge on any atom is 0.0999 e. The number of hydrogen-bond acceptors (Lipinski definition) is 0. The fourth-order valence-electron chi connectivity index (χ4n) is 2.41. The van der Waals surface area contributed by atoms with E-state index in [4.69, 9.17) is 0 Å². The number of rotatable bonds is 9. The van der Waals surface area contributed by atoms with Gasteiger partial charge in [0.25, 0.3) is 0 Å². The molecule has 0 bridgehead atoms. The molecule has 0 heterocycles. The van der Waals surface area contributed by atoms with E-state index in [-0.39, 0.29) is 0 Å². The highest BCUT2D eigenvalue weighted by Gasteiger charge is 2.18. The summed E-state index contributed by atoms with van der Waals surface area (Å²) < 4.78 is 13.1. The molecule has 0 aromatic rings. The van der Waals surface area contributed by atoms with E-state index in [1.54, 1.807) is 0 Å². The van der Waals surface area contributed by atoms with Crippen LogP contribution in [0.1, 0.15) is 73.1 Å². The van der Waals surface area contributed by atoms with E-state index in [1.807, 2.05) is 6.92 Å². The Morgan fingerprint density at radius 1 is 0.875 bits per heavy atom. The Hall–Kier alpha value is -0.0700. The molecule has 0 spiro atoms. The number of hydrogen-bond donors (Lipinski definition) is 0. The van der Waals surface area contributed by atoms with Gasteiger partial charge in [0.15, 0.2) is 0 Å². The average molecular weight is 230 g/mol. The summed E-state index contributed by atoms with van der Waals surface area (Å²) in [7, 11) is 0. The minimum absolute atomic E-state index is 0.574. The fourth-order valence-corrected chi connectivity index (χ4v) is 2.41. The number of halogens is 1. The minimum atomic E-state index is -0.574. The first-order valence-electron chi connectivity index (χ1n) is 7.16. The molecule has 0 N–H and O–H groups in total. The van der Waals surface area contributed by atoms with Crippen molar-refractivity contribution in [3.63, 3.8) is 0 Å². The van der Waals surface area contributed by atoms with E-state index in [0.29, 0.717) is 6.42 Å². The molecule has 4 atom stereocenters. The van der Waals surface area contributed by atoms with Gasteiger partial charge >= 0.3 is 0 Å². The van der Waals surface area contributed by atoms with Gasteiger partial charge in [0.05, 0.1) is 6.17 Å². The summed E-state index contributed by atoms with van der Waals surface area (Å²) in [4.78, 5) is 0. The van der Waals surface area contributed by atoms with Crippen molar-refractivity contribution in [1.82, 2.24) is 0 Å². The summed E-state index contributed by atoms with van der Waals surface area (Å²) in [5.41, 5.74) is 0. The largest absolute Gasteiger partial charge is 0.248 e. The molecule has 4 unspecified atom stereocenters. The van der Waals surface area contributed by atoms with Crippen molar-refractivity contribution in [3.05, 3.63) is 0 Å².